The van der Waals surface area contributed by atoms with Crippen LogP contribution in [0.15, 0.2) is 60.7 Å². The fourth-order valence-corrected chi connectivity index (χ4v) is 3.00. The first kappa shape index (κ1) is 14.8. The number of quaternary nitrogens is 1. The Labute approximate surface area is 133 Å². The second-order valence-corrected chi connectivity index (χ2v) is 7.13. The molecule has 0 spiro atoms. The molecule has 112 valence electrons. The van der Waals surface area contributed by atoms with Gasteiger partial charge in [0, 0.05) is 5.56 Å². The van der Waals surface area contributed by atoms with Crippen LogP contribution in [-0.4, -0.2) is 25.6 Å². The monoisotopic (exact) mass is 290 g/mol. The first-order chi connectivity index (χ1) is 10.4. The van der Waals surface area contributed by atoms with Gasteiger partial charge in [0.25, 0.3) is 0 Å². The molecule has 0 saturated carbocycles. The van der Waals surface area contributed by atoms with Gasteiger partial charge in [-0.15, -0.1) is 0 Å². The van der Waals surface area contributed by atoms with Crippen molar-refractivity contribution in [3.63, 3.8) is 0 Å². The van der Waals surface area contributed by atoms with Crippen LogP contribution in [-0.2, 0) is 6.54 Å². The molecule has 0 aliphatic rings. The smallest absolute Gasteiger partial charge is 0.104 e. The lowest BCUT2D eigenvalue weighted by molar-refractivity contribution is -0.883. The van der Waals surface area contributed by atoms with Crippen LogP contribution in [0.4, 0.5) is 0 Å². The van der Waals surface area contributed by atoms with Gasteiger partial charge in [0.1, 0.15) is 6.54 Å². The summed E-state index contributed by atoms with van der Waals surface area (Å²) in [6.45, 7) is 3.17. The highest BCUT2D eigenvalue weighted by molar-refractivity contribution is 5.98. The van der Waals surface area contributed by atoms with E-state index >= 15 is 0 Å². The first-order valence-electron chi connectivity index (χ1n) is 7.82. The standard InChI is InChI=1S/C21H24N/c1-16-9-11-17(12-10-16)20-14-13-18(15-22(2,3)4)19-7-5-6-8-21(19)20/h5-14H,15H2,1-4H3/q+1. The maximum atomic E-state index is 2.29. The van der Waals surface area contributed by atoms with Gasteiger partial charge < -0.3 is 4.48 Å². The van der Waals surface area contributed by atoms with Crippen molar-refractivity contribution < 1.29 is 4.48 Å². The van der Waals surface area contributed by atoms with Gasteiger partial charge in [-0.25, -0.2) is 0 Å². The predicted octanol–water partition coefficient (Wildman–Crippen LogP) is 5.02. The number of benzene rings is 3. The zero-order valence-corrected chi connectivity index (χ0v) is 13.9. The van der Waals surface area contributed by atoms with Gasteiger partial charge in [0.05, 0.1) is 21.1 Å². The van der Waals surface area contributed by atoms with E-state index in [1.54, 1.807) is 0 Å². The van der Waals surface area contributed by atoms with Crippen molar-refractivity contribution in [1.82, 2.24) is 0 Å². The fourth-order valence-electron chi connectivity index (χ4n) is 3.00. The Bertz CT molecular complexity index is 792. The van der Waals surface area contributed by atoms with Crippen molar-refractivity contribution in [2.75, 3.05) is 21.1 Å². The molecule has 22 heavy (non-hydrogen) atoms. The predicted molar refractivity (Wildman–Crippen MR) is 95.9 cm³/mol. The van der Waals surface area contributed by atoms with Crippen molar-refractivity contribution >= 4 is 10.8 Å². The third kappa shape index (κ3) is 3.05. The zero-order chi connectivity index (χ0) is 15.7. The Morgan fingerprint density at radius 1 is 0.727 bits per heavy atom. The van der Waals surface area contributed by atoms with E-state index in [-0.39, 0.29) is 0 Å². The van der Waals surface area contributed by atoms with E-state index in [1.807, 2.05) is 0 Å². The molecule has 0 amide bonds. The van der Waals surface area contributed by atoms with Crippen molar-refractivity contribution in [3.8, 4) is 11.1 Å². The summed E-state index contributed by atoms with van der Waals surface area (Å²) in [6.07, 6.45) is 0. The molecule has 3 aromatic carbocycles. The van der Waals surface area contributed by atoms with Crippen LogP contribution in [0.2, 0.25) is 0 Å². The molecule has 1 heteroatoms. The normalized spacial score (nSPS) is 11.8. The molecule has 3 rings (SSSR count). The van der Waals surface area contributed by atoms with Crippen LogP contribution >= 0.6 is 0 Å². The molecule has 1 nitrogen and oxygen atoms in total. The van der Waals surface area contributed by atoms with Crippen LogP contribution in [0, 0.1) is 6.92 Å². The zero-order valence-electron chi connectivity index (χ0n) is 13.9. The molecule has 0 saturated heterocycles. The van der Waals surface area contributed by atoms with E-state index in [9.17, 15) is 0 Å². The Hall–Kier alpha value is -2.12. The number of hydrogen-bond acceptors (Lipinski definition) is 0. The van der Waals surface area contributed by atoms with E-state index in [0.29, 0.717) is 0 Å². The minimum Gasteiger partial charge on any atom is -0.327 e. The van der Waals surface area contributed by atoms with Crippen LogP contribution < -0.4 is 0 Å². The summed E-state index contributed by atoms with van der Waals surface area (Å²) >= 11 is 0. The van der Waals surface area contributed by atoms with Crippen molar-refractivity contribution in [1.29, 1.82) is 0 Å². The Kier molecular flexibility index (Phi) is 3.76. The number of aryl methyl sites for hydroxylation is 1. The molecule has 0 aliphatic heterocycles. The molecule has 0 aliphatic carbocycles. The molecule has 0 N–H and O–H groups in total. The van der Waals surface area contributed by atoms with Gasteiger partial charge in [-0.2, -0.15) is 0 Å². The highest BCUT2D eigenvalue weighted by Crippen LogP contribution is 2.31. The molecule has 3 aromatic rings. The number of fused-ring (bicyclic) bond motifs is 1. The van der Waals surface area contributed by atoms with E-state index in [0.717, 1.165) is 11.0 Å². The molecule has 0 radical (unpaired) electrons. The highest BCUT2D eigenvalue weighted by atomic mass is 15.3. The summed E-state index contributed by atoms with van der Waals surface area (Å²) in [6, 6.07) is 22.1. The van der Waals surface area contributed by atoms with Gasteiger partial charge in [-0.1, -0.05) is 66.2 Å². The number of hydrogen-bond donors (Lipinski definition) is 0. The average Bonchev–Trinajstić information content (AvgIpc) is 2.47. The Balaban J connectivity index is 2.18. The summed E-state index contributed by atoms with van der Waals surface area (Å²) in [4.78, 5) is 0. The topological polar surface area (TPSA) is 0 Å². The third-order valence-electron chi connectivity index (χ3n) is 4.02. The van der Waals surface area contributed by atoms with Gasteiger partial charge >= 0.3 is 0 Å². The third-order valence-corrected chi connectivity index (χ3v) is 4.02. The quantitative estimate of drug-likeness (QED) is 0.594. The largest absolute Gasteiger partial charge is 0.327 e. The molecular weight excluding hydrogens is 266 g/mol. The molecule has 0 fully saturated rings. The highest BCUT2D eigenvalue weighted by Gasteiger charge is 2.13. The van der Waals surface area contributed by atoms with Crippen molar-refractivity contribution in [2.24, 2.45) is 0 Å². The van der Waals surface area contributed by atoms with Crippen molar-refractivity contribution in [2.45, 2.75) is 13.5 Å². The van der Waals surface area contributed by atoms with E-state index < -0.39 is 0 Å². The number of nitrogens with zero attached hydrogens (tertiary/aromatic N) is 1. The van der Waals surface area contributed by atoms with Crippen LogP contribution in [0.1, 0.15) is 11.1 Å². The van der Waals surface area contributed by atoms with Crippen LogP contribution in [0.3, 0.4) is 0 Å². The maximum Gasteiger partial charge on any atom is 0.104 e. The number of rotatable bonds is 3. The second kappa shape index (κ2) is 5.58. The van der Waals surface area contributed by atoms with Gasteiger partial charge in [0.15, 0.2) is 0 Å². The van der Waals surface area contributed by atoms with Crippen molar-refractivity contribution in [3.05, 3.63) is 71.8 Å². The van der Waals surface area contributed by atoms with Crippen LogP contribution in [0.5, 0.6) is 0 Å². The van der Waals surface area contributed by atoms with Gasteiger partial charge in [-0.05, 0) is 28.8 Å². The second-order valence-electron chi connectivity index (χ2n) is 7.13. The summed E-state index contributed by atoms with van der Waals surface area (Å²) in [5.74, 6) is 0. The van der Waals surface area contributed by atoms with Gasteiger partial charge in [-0.3, -0.25) is 0 Å². The summed E-state index contributed by atoms with van der Waals surface area (Å²) in [7, 11) is 6.72. The SMILES string of the molecule is Cc1ccc(-c2ccc(C[N+](C)(C)C)c3ccccc23)cc1. The Morgan fingerprint density at radius 3 is 2.00 bits per heavy atom. The maximum absolute atomic E-state index is 2.29. The van der Waals surface area contributed by atoms with Gasteiger partial charge in [0.2, 0.25) is 0 Å². The lowest BCUT2D eigenvalue weighted by Crippen LogP contribution is -2.33. The summed E-state index contributed by atoms with van der Waals surface area (Å²) in [5, 5.41) is 2.71. The van der Waals surface area contributed by atoms with E-state index in [2.05, 4.69) is 88.7 Å². The minimum atomic E-state index is 0.938. The lowest BCUT2D eigenvalue weighted by Gasteiger charge is -2.25. The molecule has 0 bridgehead atoms. The average molecular weight is 290 g/mol. The molecular formula is C21H24N+. The Morgan fingerprint density at radius 2 is 1.36 bits per heavy atom. The lowest BCUT2D eigenvalue weighted by atomic mass is 9.94. The molecule has 0 unspecified atom stereocenters. The van der Waals surface area contributed by atoms with E-state index in [1.165, 1.54) is 33.0 Å². The summed E-state index contributed by atoms with van der Waals surface area (Å²) in [5.41, 5.74) is 5.33. The summed E-state index contributed by atoms with van der Waals surface area (Å²) < 4.78 is 0.938. The molecule has 0 aromatic heterocycles. The van der Waals surface area contributed by atoms with Crippen LogP contribution in [0.25, 0.3) is 21.9 Å². The molecule has 0 heterocycles. The fraction of sp³-hybridized carbons (Fsp3) is 0.238. The molecule has 0 atom stereocenters. The first-order valence-corrected chi connectivity index (χ1v) is 7.82. The van der Waals surface area contributed by atoms with E-state index in [4.69, 9.17) is 0 Å². The minimum absolute atomic E-state index is 0.938.